The summed E-state index contributed by atoms with van der Waals surface area (Å²) in [5.41, 5.74) is 5.65. The first-order valence-electron chi connectivity index (χ1n) is 5.95. The van der Waals surface area contributed by atoms with E-state index in [2.05, 4.69) is 27.6 Å². The Hall–Kier alpha value is -2.03. The average molecular weight is 321 g/mol. The van der Waals surface area contributed by atoms with Crippen molar-refractivity contribution in [3.8, 4) is 5.75 Å². The zero-order valence-corrected chi connectivity index (χ0v) is 11.7. The second-order valence-electron chi connectivity index (χ2n) is 4.02. The molecule has 0 saturated heterocycles. The third-order valence-corrected chi connectivity index (χ3v) is 2.44. The number of urea groups is 1. The number of carbonyl (C=O) groups excluding carboxylic acids is 1. The molecule has 0 unspecified atom stereocenters. The zero-order chi connectivity index (χ0) is 15.9. The molecule has 21 heavy (non-hydrogen) atoms. The van der Waals surface area contributed by atoms with E-state index in [-0.39, 0.29) is 5.75 Å². The maximum Gasteiger partial charge on any atom is 0.573 e. The van der Waals surface area contributed by atoms with Crippen molar-refractivity contribution in [1.29, 1.82) is 0 Å². The van der Waals surface area contributed by atoms with Gasteiger partial charge in [-0.15, -0.1) is 13.2 Å². The number of thiocarbonyl (C=S) groups is 1. The predicted molar refractivity (Wildman–Crippen MR) is 76.2 cm³/mol. The van der Waals surface area contributed by atoms with Crippen LogP contribution in [0.5, 0.6) is 5.75 Å². The van der Waals surface area contributed by atoms with Crippen molar-refractivity contribution in [2.24, 2.45) is 5.73 Å². The summed E-state index contributed by atoms with van der Waals surface area (Å²) in [6.45, 7) is 0.387. The molecule has 0 aromatic heterocycles. The lowest BCUT2D eigenvalue weighted by atomic mass is 10.3. The van der Waals surface area contributed by atoms with Gasteiger partial charge in [-0.3, -0.25) is 0 Å². The smallest absolute Gasteiger partial charge is 0.406 e. The second kappa shape index (κ2) is 7.67. The van der Waals surface area contributed by atoms with Crippen LogP contribution in [-0.2, 0) is 0 Å². The number of nitrogens with two attached hydrogens (primary N) is 1. The molecule has 0 spiro atoms. The highest BCUT2D eigenvalue weighted by atomic mass is 32.1. The van der Waals surface area contributed by atoms with Crippen LogP contribution in [0.2, 0.25) is 0 Å². The van der Waals surface area contributed by atoms with Crippen LogP contribution < -0.4 is 21.1 Å². The van der Waals surface area contributed by atoms with Crippen LogP contribution in [0, 0.1) is 0 Å². The van der Waals surface area contributed by atoms with Gasteiger partial charge >= 0.3 is 12.4 Å². The number of hydrogen-bond acceptors (Lipinski definition) is 3. The number of benzene rings is 1. The van der Waals surface area contributed by atoms with Gasteiger partial charge in [-0.25, -0.2) is 4.79 Å². The molecule has 0 aliphatic carbocycles. The van der Waals surface area contributed by atoms with Gasteiger partial charge in [-0.1, -0.05) is 12.2 Å². The molecule has 0 bridgehead atoms. The molecule has 0 atom stereocenters. The van der Waals surface area contributed by atoms with E-state index in [0.29, 0.717) is 30.1 Å². The Bertz CT molecular complexity index is 492. The van der Waals surface area contributed by atoms with Gasteiger partial charge in [-0.2, -0.15) is 0 Å². The Labute approximate surface area is 124 Å². The number of carbonyl (C=O) groups is 1. The first-order valence-corrected chi connectivity index (χ1v) is 6.36. The van der Waals surface area contributed by atoms with E-state index in [1.54, 1.807) is 0 Å². The van der Waals surface area contributed by atoms with Crippen molar-refractivity contribution in [3.63, 3.8) is 0 Å². The van der Waals surface area contributed by atoms with Gasteiger partial charge in [-0.05, 0) is 37.1 Å². The number of amides is 2. The SMILES string of the molecule is NC(=S)CCCNC(=O)Nc1ccc(OC(F)(F)F)cc1. The molecule has 1 aromatic rings. The highest BCUT2D eigenvalue weighted by Crippen LogP contribution is 2.23. The molecule has 0 aliphatic rings. The molecule has 9 heteroatoms. The molecule has 5 nitrogen and oxygen atoms in total. The van der Waals surface area contributed by atoms with Gasteiger partial charge in [0.1, 0.15) is 5.75 Å². The van der Waals surface area contributed by atoms with Crippen molar-refractivity contribution in [3.05, 3.63) is 24.3 Å². The number of alkyl halides is 3. The van der Waals surface area contributed by atoms with Gasteiger partial charge in [0.05, 0.1) is 4.99 Å². The van der Waals surface area contributed by atoms with Crippen LogP contribution in [0.15, 0.2) is 24.3 Å². The minimum atomic E-state index is -4.74. The molecule has 1 rings (SSSR count). The molecular formula is C12H14F3N3O2S. The number of rotatable bonds is 6. The third-order valence-electron chi connectivity index (χ3n) is 2.23. The Kier molecular flexibility index (Phi) is 6.22. The Morgan fingerprint density at radius 3 is 2.43 bits per heavy atom. The predicted octanol–water partition coefficient (Wildman–Crippen LogP) is 2.77. The van der Waals surface area contributed by atoms with Crippen LogP contribution in [0.3, 0.4) is 0 Å². The van der Waals surface area contributed by atoms with Crippen molar-refractivity contribution in [2.45, 2.75) is 19.2 Å². The van der Waals surface area contributed by atoms with Crippen LogP contribution in [0.1, 0.15) is 12.8 Å². The van der Waals surface area contributed by atoms with Gasteiger partial charge in [0.15, 0.2) is 0 Å². The lowest BCUT2D eigenvalue weighted by Crippen LogP contribution is -2.30. The fourth-order valence-electron chi connectivity index (χ4n) is 1.38. The summed E-state index contributed by atoms with van der Waals surface area (Å²) in [5, 5.41) is 5.03. The quantitative estimate of drug-likeness (QED) is 0.556. The average Bonchev–Trinajstić information content (AvgIpc) is 2.35. The molecule has 4 N–H and O–H groups in total. The molecule has 116 valence electrons. The van der Waals surface area contributed by atoms with E-state index in [4.69, 9.17) is 5.73 Å². The Balaban J connectivity index is 2.37. The minimum Gasteiger partial charge on any atom is -0.406 e. The number of anilines is 1. The van der Waals surface area contributed by atoms with Crippen LogP contribution in [0.25, 0.3) is 0 Å². The summed E-state index contributed by atoms with van der Waals surface area (Å²) in [6, 6.07) is 4.35. The van der Waals surface area contributed by atoms with E-state index < -0.39 is 12.4 Å². The topological polar surface area (TPSA) is 76.4 Å². The van der Waals surface area contributed by atoms with E-state index in [0.717, 1.165) is 12.1 Å². The first-order chi connectivity index (χ1) is 9.76. The highest BCUT2D eigenvalue weighted by Gasteiger charge is 2.30. The van der Waals surface area contributed by atoms with E-state index in [9.17, 15) is 18.0 Å². The lowest BCUT2D eigenvalue weighted by Gasteiger charge is -2.10. The molecule has 0 radical (unpaired) electrons. The van der Waals surface area contributed by atoms with Crippen LogP contribution >= 0.6 is 12.2 Å². The summed E-state index contributed by atoms with van der Waals surface area (Å²) in [7, 11) is 0. The number of halogens is 3. The maximum absolute atomic E-state index is 12.0. The van der Waals surface area contributed by atoms with Crippen molar-refractivity contribution < 1.29 is 22.7 Å². The summed E-state index contributed by atoms with van der Waals surface area (Å²) in [6.07, 6.45) is -3.60. The number of nitrogens with one attached hydrogen (secondary N) is 2. The molecule has 0 aliphatic heterocycles. The fraction of sp³-hybridized carbons (Fsp3) is 0.333. The normalized spacial score (nSPS) is 10.8. The highest BCUT2D eigenvalue weighted by molar-refractivity contribution is 7.80. The maximum atomic E-state index is 12.0. The molecule has 1 aromatic carbocycles. The summed E-state index contributed by atoms with van der Waals surface area (Å²) in [5.74, 6) is -0.357. The van der Waals surface area contributed by atoms with Gasteiger partial charge in [0.25, 0.3) is 0 Å². The molecule has 0 fully saturated rings. The van der Waals surface area contributed by atoms with Crippen molar-refractivity contribution >= 4 is 28.9 Å². The standard InChI is InChI=1S/C12H14F3N3O2S/c13-12(14,15)20-9-5-3-8(4-6-9)18-11(19)17-7-1-2-10(16)21/h3-6H,1-2,7H2,(H2,16,21)(H2,17,18,19). The first kappa shape index (κ1) is 17.0. The van der Waals surface area contributed by atoms with Crippen molar-refractivity contribution in [2.75, 3.05) is 11.9 Å². The van der Waals surface area contributed by atoms with E-state index in [1.165, 1.54) is 12.1 Å². The van der Waals surface area contributed by atoms with Gasteiger partial charge in [0.2, 0.25) is 0 Å². The van der Waals surface area contributed by atoms with Gasteiger partial charge < -0.3 is 21.1 Å². The Morgan fingerprint density at radius 2 is 1.90 bits per heavy atom. The summed E-state index contributed by atoms with van der Waals surface area (Å²) < 4.78 is 39.6. The Morgan fingerprint density at radius 1 is 1.29 bits per heavy atom. The monoisotopic (exact) mass is 321 g/mol. The summed E-state index contributed by atoms with van der Waals surface area (Å²) >= 11 is 4.69. The fourth-order valence-corrected chi connectivity index (χ4v) is 1.52. The van der Waals surface area contributed by atoms with E-state index >= 15 is 0 Å². The van der Waals surface area contributed by atoms with Gasteiger partial charge in [0, 0.05) is 12.2 Å². The van der Waals surface area contributed by atoms with Crippen LogP contribution in [-0.4, -0.2) is 23.9 Å². The third kappa shape index (κ3) is 7.98. The largest absolute Gasteiger partial charge is 0.573 e. The van der Waals surface area contributed by atoms with Crippen LogP contribution in [0.4, 0.5) is 23.7 Å². The second-order valence-corrected chi connectivity index (χ2v) is 4.55. The molecule has 0 saturated carbocycles. The minimum absolute atomic E-state index is 0.344. The van der Waals surface area contributed by atoms with Crippen molar-refractivity contribution in [1.82, 2.24) is 5.32 Å². The summed E-state index contributed by atoms with van der Waals surface area (Å²) in [4.78, 5) is 11.8. The molecular weight excluding hydrogens is 307 g/mol. The zero-order valence-electron chi connectivity index (χ0n) is 10.9. The number of ether oxygens (including phenoxy) is 1. The molecule has 0 heterocycles. The van der Waals surface area contributed by atoms with E-state index in [1.807, 2.05) is 0 Å². The number of hydrogen-bond donors (Lipinski definition) is 3. The lowest BCUT2D eigenvalue weighted by molar-refractivity contribution is -0.274. The molecule has 2 amide bonds.